The second-order valence-corrected chi connectivity index (χ2v) is 7.38. The highest BCUT2D eigenvalue weighted by Gasteiger charge is 2.37. The molecule has 0 aliphatic carbocycles. The number of benzene rings is 1. The van der Waals surface area contributed by atoms with Crippen LogP contribution in [0.3, 0.4) is 0 Å². The van der Waals surface area contributed by atoms with Gasteiger partial charge in [0.25, 0.3) is 0 Å². The lowest BCUT2D eigenvalue weighted by Gasteiger charge is -2.48. The largest absolute Gasteiger partial charge is 0.496 e. The summed E-state index contributed by atoms with van der Waals surface area (Å²) < 4.78 is 5.50. The van der Waals surface area contributed by atoms with E-state index in [2.05, 4.69) is 37.8 Å². The Labute approximate surface area is 129 Å². The van der Waals surface area contributed by atoms with Gasteiger partial charge in [0, 0.05) is 18.6 Å². The van der Waals surface area contributed by atoms with Gasteiger partial charge in [0.15, 0.2) is 0 Å². The molecule has 1 heterocycles. The molecular formula is C18H30N2O. The van der Waals surface area contributed by atoms with E-state index in [9.17, 15) is 0 Å². The molecule has 1 aromatic rings. The molecule has 1 fully saturated rings. The zero-order chi connectivity index (χ0) is 15.5. The molecule has 3 nitrogen and oxygen atoms in total. The van der Waals surface area contributed by atoms with Gasteiger partial charge in [-0.25, -0.2) is 0 Å². The Balaban J connectivity index is 2.20. The highest BCUT2D eigenvalue weighted by Crippen LogP contribution is 2.34. The van der Waals surface area contributed by atoms with Crippen LogP contribution in [0.5, 0.6) is 5.75 Å². The Kier molecular flexibility index (Phi) is 4.95. The summed E-state index contributed by atoms with van der Waals surface area (Å²) in [6.45, 7) is 9.95. The Hall–Kier alpha value is -1.06. The van der Waals surface area contributed by atoms with E-state index in [1.165, 1.54) is 18.4 Å². The van der Waals surface area contributed by atoms with Crippen molar-refractivity contribution in [3.05, 3.63) is 29.8 Å². The number of methoxy groups -OCH3 is 1. The van der Waals surface area contributed by atoms with Gasteiger partial charge in [-0.3, -0.25) is 4.90 Å². The first kappa shape index (κ1) is 16.3. The third kappa shape index (κ3) is 3.78. The minimum Gasteiger partial charge on any atom is -0.496 e. The molecule has 1 aliphatic rings. The fourth-order valence-electron chi connectivity index (χ4n) is 3.46. The number of nitrogens with two attached hydrogens (primary N) is 1. The van der Waals surface area contributed by atoms with Crippen molar-refractivity contribution >= 4 is 0 Å². The molecular weight excluding hydrogens is 260 g/mol. The van der Waals surface area contributed by atoms with Gasteiger partial charge in [0.2, 0.25) is 0 Å². The number of nitrogens with zero attached hydrogens (tertiary/aromatic N) is 1. The molecule has 0 spiro atoms. The molecule has 0 saturated carbocycles. The number of para-hydroxylation sites is 1. The molecule has 0 aromatic heterocycles. The first-order valence-corrected chi connectivity index (χ1v) is 7.97. The molecule has 0 bridgehead atoms. The van der Waals surface area contributed by atoms with Crippen LogP contribution in [-0.4, -0.2) is 37.2 Å². The molecule has 2 N–H and O–H groups in total. The van der Waals surface area contributed by atoms with E-state index < -0.39 is 0 Å². The lowest BCUT2D eigenvalue weighted by Crippen LogP contribution is -2.57. The molecule has 118 valence electrons. The van der Waals surface area contributed by atoms with Gasteiger partial charge in [0.1, 0.15) is 5.75 Å². The average molecular weight is 290 g/mol. The monoisotopic (exact) mass is 290 g/mol. The quantitative estimate of drug-likeness (QED) is 0.905. The van der Waals surface area contributed by atoms with Gasteiger partial charge in [-0.15, -0.1) is 0 Å². The Morgan fingerprint density at radius 3 is 2.67 bits per heavy atom. The minimum atomic E-state index is -0.00762. The van der Waals surface area contributed by atoms with Crippen LogP contribution in [-0.2, 0) is 6.42 Å². The maximum atomic E-state index is 6.18. The van der Waals surface area contributed by atoms with Crippen LogP contribution in [0, 0.1) is 5.41 Å². The summed E-state index contributed by atoms with van der Waals surface area (Å²) in [7, 11) is 1.74. The summed E-state index contributed by atoms with van der Waals surface area (Å²) in [5.41, 5.74) is 7.81. The number of hydrogen-bond donors (Lipinski definition) is 1. The van der Waals surface area contributed by atoms with E-state index in [1.807, 2.05) is 12.1 Å². The molecule has 1 aliphatic heterocycles. The molecule has 21 heavy (non-hydrogen) atoms. The van der Waals surface area contributed by atoms with E-state index in [0.717, 1.165) is 25.3 Å². The Morgan fingerprint density at radius 2 is 2.05 bits per heavy atom. The lowest BCUT2D eigenvalue weighted by molar-refractivity contribution is 0.0281. The lowest BCUT2D eigenvalue weighted by atomic mass is 9.80. The van der Waals surface area contributed by atoms with E-state index in [4.69, 9.17) is 10.5 Å². The van der Waals surface area contributed by atoms with Crippen molar-refractivity contribution in [1.29, 1.82) is 0 Å². The van der Waals surface area contributed by atoms with Gasteiger partial charge in [0.05, 0.1) is 7.11 Å². The summed E-state index contributed by atoms with van der Waals surface area (Å²) >= 11 is 0. The maximum Gasteiger partial charge on any atom is 0.122 e. The molecule has 0 radical (unpaired) electrons. The van der Waals surface area contributed by atoms with Crippen LogP contribution in [0.25, 0.3) is 0 Å². The zero-order valence-electron chi connectivity index (χ0n) is 14.0. The fraction of sp³-hybridized carbons (Fsp3) is 0.667. The number of ether oxygens (including phenoxy) is 1. The first-order valence-electron chi connectivity index (χ1n) is 7.97. The van der Waals surface area contributed by atoms with Crippen molar-refractivity contribution in [2.45, 2.75) is 45.6 Å². The number of likely N-dealkylation sites (tertiary alicyclic amines) is 1. The second kappa shape index (κ2) is 6.37. The average Bonchev–Trinajstić information content (AvgIpc) is 2.46. The number of piperidine rings is 1. The van der Waals surface area contributed by atoms with Crippen LogP contribution < -0.4 is 10.5 Å². The van der Waals surface area contributed by atoms with E-state index in [0.29, 0.717) is 12.0 Å². The van der Waals surface area contributed by atoms with Crippen molar-refractivity contribution in [3.63, 3.8) is 0 Å². The van der Waals surface area contributed by atoms with Crippen molar-refractivity contribution in [1.82, 2.24) is 4.90 Å². The predicted molar refractivity (Wildman–Crippen MR) is 88.7 cm³/mol. The van der Waals surface area contributed by atoms with Crippen molar-refractivity contribution in [3.8, 4) is 5.75 Å². The standard InChI is InChI=1S/C18H30N2O/c1-17(2)10-7-11-20(14-17)18(3,13-19)12-15-8-5-6-9-16(15)21-4/h5-6,8-9H,7,10-14,19H2,1-4H3. The normalized spacial score (nSPS) is 21.8. The SMILES string of the molecule is COc1ccccc1CC(C)(CN)N1CCCC(C)(C)C1. The predicted octanol–water partition coefficient (Wildman–Crippen LogP) is 3.08. The summed E-state index contributed by atoms with van der Waals surface area (Å²) in [6.07, 6.45) is 3.50. The summed E-state index contributed by atoms with van der Waals surface area (Å²) in [5, 5.41) is 0. The molecule has 1 saturated heterocycles. The topological polar surface area (TPSA) is 38.5 Å². The van der Waals surface area contributed by atoms with Gasteiger partial charge in [-0.2, -0.15) is 0 Å². The highest BCUT2D eigenvalue weighted by molar-refractivity contribution is 5.34. The molecule has 0 amide bonds. The molecule has 1 unspecified atom stereocenters. The molecule has 1 aromatic carbocycles. The maximum absolute atomic E-state index is 6.18. The number of rotatable bonds is 5. The minimum absolute atomic E-state index is 0.00762. The van der Waals surface area contributed by atoms with Crippen LogP contribution in [0.4, 0.5) is 0 Å². The van der Waals surface area contributed by atoms with E-state index in [-0.39, 0.29) is 5.54 Å². The van der Waals surface area contributed by atoms with Crippen LogP contribution >= 0.6 is 0 Å². The first-order chi connectivity index (χ1) is 9.90. The van der Waals surface area contributed by atoms with Crippen LogP contribution in [0.1, 0.15) is 39.2 Å². The van der Waals surface area contributed by atoms with Crippen molar-refractivity contribution < 1.29 is 4.74 Å². The van der Waals surface area contributed by atoms with Crippen molar-refractivity contribution in [2.24, 2.45) is 11.1 Å². The molecule has 2 rings (SSSR count). The summed E-state index contributed by atoms with van der Waals surface area (Å²) in [4.78, 5) is 2.59. The van der Waals surface area contributed by atoms with Gasteiger partial charge in [-0.1, -0.05) is 32.0 Å². The third-order valence-electron chi connectivity index (χ3n) is 4.87. The fourth-order valence-corrected chi connectivity index (χ4v) is 3.46. The number of hydrogen-bond acceptors (Lipinski definition) is 3. The Morgan fingerprint density at radius 1 is 1.33 bits per heavy atom. The zero-order valence-corrected chi connectivity index (χ0v) is 14.0. The molecule has 1 atom stereocenters. The Bertz CT molecular complexity index is 472. The van der Waals surface area contributed by atoms with E-state index >= 15 is 0 Å². The van der Waals surface area contributed by atoms with Crippen LogP contribution in [0.15, 0.2) is 24.3 Å². The summed E-state index contributed by atoms with van der Waals surface area (Å²) in [5.74, 6) is 0.966. The third-order valence-corrected chi connectivity index (χ3v) is 4.87. The van der Waals surface area contributed by atoms with Crippen LogP contribution in [0.2, 0.25) is 0 Å². The van der Waals surface area contributed by atoms with Gasteiger partial charge in [-0.05, 0) is 49.8 Å². The van der Waals surface area contributed by atoms with Gasteiger partial charge >= 0.3 is 0 Å². The highest BCUT2D eigenvalue weighted by atomic mass is 16.5. The molecule has 3 heteroatoms. The second-order valence-electron chi connectivity index (χ2n) is 7.38. The van der Waals surface area contributed by atoms with Gasteiger partial charge < -0.3 is 10.5 Å². The summed E-state index contributed by atoms with van der Waals surface area (Å²) in [6, 6.07) is 8.29. The van der Waals surface area contributed by atoms with E-state index in [1.54, 1.807) is 7.11 Å². The smallest absolute Gasteiger partial charge is 0.122 e. The van der Waals surface area contributed by atoms with Crippen molar-refractivity contribution in [2.75, 3.05) is 26.7 Å².